The van der Waals surface area contributed by atoms with E-state index in [1.54, 1.807) is 21.9 Å². The minimum Gasteiger partial charge on any atom is -0.449 e. The second-order valence-corrected chi connectivity index (χ2v) is 9.48. The number of carbonyl (C=O) groups is 2. The molecule has 2 aromatic carbocycles. The van der Waals surface area contributed by atoms with Crippen molar-refractivity contribution in [1.29, 1.82) is 0 Å². The van der Waals surface area contributed by atoms with Gasteiger partial charge in [0.25, 0.3) is 5.91 Å². The number of rotatable bonds is 5. The highest BCUT2D eigenvalue weighted by Crippen LogP contribution is 2.30. The van der Waals surface area contributed by atoms with Crippen molar-refractivity contribution in [3.05, 3.63) is 59.1 Å². The van der Waals surface area contributed by atoms with Gasteiger partial charge in [0.2, 0.25) is 0 Å². The molecule has 0 aliphatic carbocycles. The number of hydrogen-bond acceptors (Lipinski definition) is 5. The maximum Gasteiger partial charge on any atom is 0.409 e. The van der Waals surface area contributed by atoms with Gasteiger partial charge < -0.3 is 19.4 Å². The average Bonchev–Trinajstić information content (AvgIpc) is 2.86. The molecule has 0 unspecified atom stereocenters. The molecule has 0 saturated carbocycles. The number of hydrogen-bond donors (Lipinski definition) is 0. The van der Waals surface area contributed by atoms with Gasteiger partial charge in [-0.15, -0.1) is 0 Å². The second-order valence-electron chi connectivity index (χ2n) is 9.07. The highest BCUT2D eigenvalue weighted by molar-refractivity contribution is 6.35. The lowest BCUT2D eigenvalue weighted by Crippen LogP contribution is -2.55. The van der Waals surface area contributed by atoms with Crippen LogP contribution in [0.15, 0.2) is 48.5 Å². The summed E-state index contributed by atoms with van der Waals surface area (Å²) in [5, 5.41) is 1.39. The summed E-state index contributed by atoms with van der Waals surface area (Å²) < 4.78 is 5.24. The number of piperazine rings is 1. The Balaban J connectivity index is 1.56. The first-order valence-electron chi connectivity index (χ1n) is 11.9. The van der Waals surface area contributed by atoms with E-state index >= 15 is 0 Å². The van der Waals surface area contributed by atoms with E-state index in [1.165, 1.54) is 0 Å². The molecule has 184 valence electrons. The molecule has 1 saturated heterocycles. The molecule has 2 amide bonds. The van der Waals surface area contributed by atoms with Crippen LogP contribution in [0, 0.1) is 0 Å². The third kappa shape index (κ3) is 5.35. The Morgan fingerprint density at radius 3 is 2.51 bits per heavy atom. The van der Waals surface area contributed by atoms with Crippen molar-refractivity contribution in [2.75, 3.05) is 45.2 Å². The number of ether oxygens (including phenoxy) is 1. The Bertz CT molecular complexity index is 1230. The van der Waals surface area contributed by atoms with Crippen LogP contribution < -0.4 is 4.90 Å². The summed E-state index contributed by atoms with van der Waals surface area (Å²) >= 11 is 6.59. The Hall–Kier alpha value is -3.32. The molecule has 35 heavy (non-hydrogen) atoms. The van der Waals surface area contributed by atoms with E-state index in [2.05, 4.69) is 0 Å². The summed E-state index contributed by atoms with van der Waals surface area (Å²) in [5.41, 5.74) is 4.03. The zero-order valence-electron chi connectivity index (χ0n) is 20.6. The van der Waals surface area contributed by atoms with Crippen LogP contribution in [0.3, 0.4) is 0 Å². The lowest BCUT2D eigenvalue weighted by atomic mass is 10.1. The van der Waals surface area contributed by atoms with Gasteiger partial charge >= 0.3 is 6.09 Å². The van der Waals surface area contributed by atoms with Gasteiger partial charge in [-0.05, 0) is 43.7 Å². The fraction of sp³-hybridized carbons (Fsp3) is 0.370. The van der Waals surface area contributed by atoms with Gasteiger partial charge in [-0.2, -0.15) is 0 Å². The number of amides is 2. The molecule has 0 N–H and O–H groups in total. The SMILES string of the molecule is CCCOC(=O)N1CCN(C(=O)c2ccc3c(Cl)cc(-c4ccc(N(C)C)cc4)nc3c2)[C@@H](C)C1. The highest BCUT2D eigenvalue weighted by atomic mass is 35.5. The number of benzene rings is 2. The molecule has 1 aliphatic rings. The highest BCUT2D eigenvalue weighted by Gasteiger charge is 2.31. The normalized spacial score (nSPS) is 15.9. The molecule has 0 spiro atoms. The lowest BCUT2D eigenvalue weighted by Gasteiger charge is -2.39. The number of fused-ring (bicyclic) bond motifs is 1. The van der Waals surface area contributed by atoms with Crippen molar-refractivity contribution < 1.29 is 14.3 Å². The molecule has 1 aromatic heterocycles. The number of nitrogens with zero attached hydrogens (tertiary/aromatic N) is 4. The summed E-state index contributed by atoms with van der Waals surface area (Å²) in [6, 6.07) is 15.3. The van der Waals surface area contributed by atoms with Crippen LogP contribution in [-0.2, 0) is 4.74 Å². The summed E-state index contributed by atoms with van der Waals surface area (Å²) in [7, 11) is 4.00. The van der Waals surface area contributed by atoms with E-state index in [4.69, 9.17) is 21.3 Å². The summed E-state index contributed by atoms with van der Waals surface area (Å²) in [6.45, 7) is 5.65. The molecule has 0 bridgehead atoms. The number of aromatic nitrogens is 1. The summed E-state index contributed by atoms with van der Waals surface area (Å²) in [4.78, 5) is 35.9. The van der Waals surface area contributed by atoms with E-state index in [9.17, 15) is 9.59 Å². The molecule has 7 nitrogen and oxygen atoms in total. The van der Waals surface area contributed by atoms with Crippen molar-refractivity contribution in [2.45, 2.75) is 26.3 Å². The van der Waals surface area contributed by atoms with Crippen LogP contribution in [0.1, 0.15) is 30.6 Å². The fourth-order valence-corrected chi connectivity index (χ4v) is 4.53. The van der Waals surface area contributed by atoms with Crippen LogP contribution >= 0.6 is 11.6 Å². The lowest BCUT2D eigenvalue weighted by molar-refractivity contribution is 0.0414. The summed E-state index contributed by atoms with van der Waals surface area (Å²) in [6.07, 6.45) is 0.463. The summed E-state index contributed by atoms with van der Waals surface area (Å²) in [5.74, 6) is -0.0837. The maximum absolute atomic E-state index is 13.4. The number of halogens is 1. The first-order chi connectivity index (χ1) is 16.8. The van der Waals surface area contributed by atoms with E-state index < -0.39 is 0 Å². The monoisotopic (exact) mass is 494 g/mol. The predicted octanol–water partition coefficient (Wildman–Crippen LogP) is 5.31. The maximum atomic E-state index is 13.4. The number of carbonyl (C=O) groups excluding carboxylic acids is 2. The minimum absolute atomic E-state index is 0.0837. The molecule has 1 fully saturated rings. The molecular weight excluding hydrogens is 464 g/mol. The Morgan fingerprint density at radius 1 is 1.11 bits per heavy atom. The third-order valence-corrected chi connectivity index (χ3v) is 6.57. The Labute approximate surface area is 211 Å². The smallest absolute Gasteiger partial charge is 0.409 e. The van der Waals surface area contributed by atoms with E-state index in [0.717, 1.165) is 28.8 Å². The minimum atomic E-state index is -0.318. The molecule has 1 aliphatic heterocycles. The van der Waals surface area contributed by atoms with Gasteiger partial charge in [0.1, 0.15) is 0 Å². The Kier molecular flexibility index (Phi) is 7.45. The third-order valence-electron chi connectivity index (χ3n) is 6.26. The second kappa shape index (κ2) is 10.5. The van der Waals surface area contributed by atoms with Gasteiger partial charge in [0.15, 0.2) is 0 Å². The molecule has 3 aromatic rings. The van der Waals surface area contributed by atoms with Crippen molar-refractivity contribution in [3.8, 4) is 11.3 Å². The standard InChI is InChI=1S/C27H31ClN4O3/c1-5-14-35-27(34)31-12-13-32(18(2)17-31)26(33)20-8-11-22-23(28)16-24(29-25(22)15-20)19-6-9-21(10-7-19)30(3)4/h6-11,15-16,18H,5,12-14,17H2,1-4H3/t18-/m0/s1. The molecule has 4 rings (SSSR count). The number of anilines is 1. The zero-order chi connectivity index (χ0) is 25.1. The first-order valence-corrected chi connectivity index (χ1v) is 12.3. The molecular formula is C27H31ClN4O3. The predicted molar refractivity (Wildman–Crippen MR) is 140 cm³/mol. The van der Waals surface area contributed by atoms with Crippen LogP contribution in [-0.4, -0.2) is 73.2 Å². The average molecular weight is 495 g/mol. The topological polar surface area (TPSA) is 66.0 Å². The molecule has 2 heterocycles. The van der Waals surface area contributed by atoms with Crippen LogP contribution in [0.25, 0.3) is 22.2 Å². The van der Waals surface area contributed by atoms with Crippen LogP contribution in [0.2, 0.25) is 5.02 Å². The molecule has 8 heteroatoms. The van der Waals surface area contributed by atoms with Gasteiger partial charge in [0, 0.05) is 62.0 Å². The van der Waals surface area contributed by atoms with E-state index in [-0.39, 0.29) is 18.0 Å². The largest absolute Gasteiger partial charge is 0.449 e. The van der Waals surface area contributed by atoms with Crippen molar-refractivity contribution in [3.63, 3.8) is 0 Å². The van der Waals surface area contributed by atoms with Crippen molar-refractivity contribution in [1.82, 2.24) is 14.8 Å². The van der Waals surface area contributed by atoms with Gasteiger partial charge in [-0.3, -0.25) is 4.79 Å². The van der Waals surface area contributed by atoms with Gasteiger partial charge in [0.05, 0.1) is 22.8 Å². The quantitative estimate of drug-likeness (QED) is 0.480. The zero-order valence-corrected chi connectivity index (χ0v) is 21.4. The Morgan fingerprint density at radius 2 is 1.86 bits per heavy atom. The van der Waals surface area contributed by atoms with Crippen LogP contribution in [0.4, 0.5) is 10.5 Å². The first kappa shape index (κ1) is 24.8. The van der Waals surface area contributed by atoms with E-state index in [1.807, 2.05) is 69.2 Å². The van der Waals surface area contributed by atoms with E-state index in [0.29, 0.717) is 42.3 Å². The van der Waals surface area contributed by atoms with Crippen molar-refractivity contribution >= 4 is 40.2 Å². The fourth-order valence-electron chi connectivity index (χ4n) is 4.27. The number of pyridine rings is 1. The van der Waals surface area contributed by atoms with Gasteiger partial charge in [-0.25, -0.2) is 9.78 Å². The van der Waals surface area contributed by atoms with Crippen LogP contribution in [0.5, 0.6) is 0 Å². The molecule has 0 radical (unpaired) electrons. The van der Waals surface area contributed by atoms with Gasteiger partial charge in [-0.1, -0.05) is 36.7 Å². The molecule has 1 atom stereocenters. The van der Waals surface area contributed by atoms with Crippen molar-refractivity contribution in [2.24, 2.45) is 0 Å².